The molecule has 0 saturated carbocycles. The van der Waals surface area contributed by atoms with E-state index in [0.717, 1.165) is 4.47 Å². The van der Waals surface area contributed by atoms with E-state index in [4.69, 9.17) is 4.74 Å². The highest BCUT2D eigenvalue weighted by atomic mass is 127. The van der Waals surface area contributed by atoms with Gasteiger partial charge in [0.15, 0.2) is 11.5 Å². The van der Waals surface area contributed by atoms with Crippen LogP contribution in [-0.4, -0.2) is 23.8 Å². The number of amides is 1. The molecule has 0 bridgehead atoms. The zero-order valence-electron chi connectivity index (χ0n) is 12.2. The van der Waals surface area contributed by atoms with Gasteiger partial charge in [0.1, 0.15) is 0 Å². The van der Waals surface area contributed by atoms with Gasteiger partial charge < -0.3 is 9.84 Å². The molecular weight excluding hydrogens is 475 g/mol. The van der Waals surface area contributed by atoms with Gasteiger partial charge in [0.2, 0.25) is 0 Å². The fourth-order valence-electron chi connectivity index (χ4n) is 1.77. The summed E-state index contributed by atoms with van der Waals surface area (Å²) in [6, 6.07) is 10.4. The molecule has 0 unspecified atom stereocenters. The molecule has 2 rings (SSSR count). The van der Waals surface area contributed by atoms with Crippen LogP contribution in [0.5, 0.6) is 11.5 Å². The smallest absolute Gasteiger partial charge is 0.271 e. The summed E-state index contributed by atoms with van der Waals surface area (Å²) in [5.74, 6) is 0.191. The molecule has 2 aromatic rings. The van der Waals surface area contributed by atoms with Crippen molar-refractivity contribution in [1.29, 1.82) is 0 Å². The van der Waals surface area contributed by atoms with Crippen molar-refractivity contribution >= 4 is 50.6 Å². The van der Waals surface area contributed by atoms with Gasteiger partial charge in [0.25, 0.3) is 5.91 Å². The summed E-state index contributed by atoms with van der Waals surface area (Å²) >= 11 is 5.32. The van der Waals surface area contributed by atoms with Crippen molar-refractivity contribution in [3.05, 3.63) is 55.6 Å². The van der Waals surface area contributed by atoms with E-state index >= 15 is 0 Å². The molecule has 120 valence electrons. The molecule has 0 aliphatic heterocycles. The second-order valence-corrected chi connectivity index (χ2v) is 6.57. The Hall–Kier alpha value is -1.61. The standard InChI is InChI=1S/C16H14BrIN2O3/c1-2-23-14-8-10(7-13(18)15(14)21)9-19-20-16(22)11-3-5-12(17)6-4-11/h3-9,21H,2H2,1H3,(H,20,22). The summed E-state index contributed by atoms with van der Waals surface area (Å²) in [5.41, 5.74) is 3.69. The van der Waals surface area contributed by atoms with Crippen molar-refractivity contribution in [2.45, 2.75) is 6.92 Å². The highest BCUT2D eigenvalue weighted by Crippen LogP contribution is 2.32. The second kappa shape index (κ2) is 8.30. The lowest BCUT2D eigenvalue weighted by atomic mass is 10.2. The highest BCUT2D eigenvalue weighted by molar-refractivity contribution is 14.1. The predicted octanol–water partition coefficient (Wildman–Crippen LogP) is 3.92. The third-order valence-electron chi connectivity index (χ3n) is 2.84. The van der Waals surface area contributed by atoms with Gasteiger partial charge in [-0.3, -0.25) is 4.79 Å². The zero-order chi connectivity index (χ0) is 16.8. The van der Waals surface area contributed by atoms with Crippen LogP contribution in [-0.2, 0) is 0 Å². The summed E-state index contributed by atoms with van der Waals surface area (Å²) in [5, 5.41) is 13.8. The monoisotopic (exact) mass is 488 g/mol. The molecule has 1 amide bonds. The average molecular weight is 489 g/mol. The molecule has 2 N–H and O–H groups in total. The molecule has 0 spiro atoms. The number of hydrogen-bond acceptors (Lipinski definition) is 4. The summed E-state index contributed by atoms with van der Waals surface area (Å²) in [7, 11) is 0. The van der Waals surface area contributed by atoms with E-state index in [0.29, 0.717) is 27.1 Å². The average Bonchev–Trinajstić information content (AvgIpc) is 2.53. The first-order valence-electron chi connectivity index (χ1n) is 6.75. The number of benzene rings is 2. The Balaban J connectivity index is 2.08. The lowest BCUT2D eigenvalue weighted by Crippen LogP contribution is -2.17. The molecule has 2 aromatic carbocycles. The largest absolute Gasteiger partial charge is 0.504 e. The fourth-order valence-corrected chi connectivity index (χ4v) is 2.65. The van der Waals surface area contributed by atoms with Crippen molar-refractivity contribution in [3.8, 4) is 11.5 Å². The van der Waals surface area contributed by atoms with E-state index in [2.05, 4.69) is 26.5 Å². The molecule has 0 saturated heterocycles. The number of carbonyl (C=O) groups is 1. The number of hydrogen-bond donors (Lipinski definition) is 2. The van der Waals surface area contributed by atoms with Gasteiger partial charge in [-0.25, -0.2) is 5.43 Å². The molecule has 7 heteroatoms. The Morgan fingerprint density at radius 3 is 2.74 bits per heavy atom. The molecule has 23 heavy (non-hydrogen) atoms. The molecule has 0 fully saturated rings. The lowest BCUT2D eigenvalue weighted by molar-refractivity contribution is 0.0955. The Labute approximate surface area is 156 Å². The van der Waals surface area contributed by atoms with E-state index in [-0.39, 0.29) is 11.7 Å². The number of carbonyl (C=O) groups excluding carboxylic acids is 1. The maximum atomic E-state index is 11.9. The quantitative estimate of drug-likeness (QED) is 0.380. The van der Waals surface area contributed by atoms with Crippen LogP contribution < -0.4 is 10.2 Å². The number of rotatable bonds is 5. The maximum absolute atomic E-state index is 11.9. The minimum atomic E-state index is -0.299. The van der Waals surface area contributed by atoms with Gasteiger partial charge in [-0.1, -0.05) is 15.9 Å². The van der Waals surface area contributed by atoms with Crippen molar-refractivity contribution < 1.29 is 14.6 Å². The molecular formula is C16H14BrIN2O3. The molecule has 5 nitrogen and oxygen atoms in total. The van der Waals surface area contributed by atoms with Crippen molar-refractivity contribution in [2.24, 2.45) is 5.10 Å². The molecule has 0 heterocycles. The van der Waals surface area contributed by atoms with Gasteiger partial charge in [0, 0.05) is 10.0 Å². The Morgan fingerprint density at radius 1 is 1.39 bits per heavy atom. The SMILES string of the molecule is CCOc1cc(C=NNC(=O)c2ccc(Br)cc2)cc(I)c1O. The number of phenols is 1. The number of hydrazone groups is 1. The van der Waals surface area contributed by atoms with Crippen LogP contribution in [0.25, 0.3) is 0 Å². The van der Waals surface area contributed by atoms with Crippen LogP contribution in [0.2, 0.25) is 0 Å². The van der Waals surface area contributed by atoms with Crippen LogP contribution >= 0.6 is 38.5 Å². The van der Waals surface area contributed by atoms with Crippen LogP contribution in [0.4, 0.5) is 0 Å². The molecule has 0 aromatic heterocycles. The maximum Gasteiger partial charge on any atom is 0.271 e. The van der Waals surface area contributed by atoms with E-state index < -0.39 is 0 Å². The van der Waals surface area contributed by atoms with Crippen LogP contribution in [0.1, 0.15) is 22.8 Å². The number of halogens is 2. The summed E-state index contributed by atoms with van der Waals surface area (Å²) in [4.78, 5) is 11.9. The number of nitrogens with one attached hydrogen (secondary N) is 1. The van der Waals surface area contributed by atoms with Gasteiger partial charge in [0.05, 0.1) is 16.4 Å². The second-order valence-electron chi connectivity index (χ2n) is 4.49. The van der Waals surface area contributed by atoms with Crippen molar-refractivity contribution in [3.63, 3.8) is 0 Å². The van der Waals surface area contributed by atoms with E-state index in [1.807, 2.05) is 29.5 Å². The Bertz CT molecular complexity index is 733. The van der Waals surface area contributed by atoms with Gasteiger partial charge in [-0.15, -0.1) is 0 Å². The normalized spacial score (nSPS) is 10.7. The number of phenolic OH excluding ortho intramolecular Hbond substituents is 1. The summed E-state index contributed by atoms with van der Waals surface area (Å²) in [6.45, 7) is 2.29. The zero-order valence-corrected chi connectivity index (χ0v) is 16.0. The fraction of sp³-hybridized carbons (Fsp3) is 0.125. The van der Waals surface area contributed by atoms with E-state index in [9.17, 15) is 9.90 Å². The van der Waals surface area contributed by atoms with E-state index in [1.54, 1.807) is 36.4 Å². The first-order chi connectivity index (χ1) is 11.0. The van der Waals surface area contributed by atoms with Crippen molar-refractivity contribution in [1.82, 2.24) is 5.43 Å². The molecule has 0 aliphatic carbocycles. The lowest BCUT2D eigenvalue weighted by Gasteiger charge is -2.08. The van der Waals surface area contributed by atoms with Crippen molar-refractivity contribution in [2.75, 3.05) is 6.61 Å². The third kappa shape index (κ3) is 4.93. The minimum absolute atomic E-state index is 0.100. The highest BCUT2D eigenvalue weighted by Gasteiger charge is 2.08. The Morgan fingerprint density at radius 2 is 2.09 bits per heavy atom. The first-order valence-corrected chi connectivity index (χ1v) is 8.62. The van der Waals surface area contributed by atoms with Gasteiger partial charge in [-0.05, 0) is 71.5 Å². The Kier molecular flexibility index (Phi) is 6.40. The topological polar surface area (TPSA) is 70.9 Å². The first kappa shape index (κ1) is 17.7. The van der Waals surface area contributed by atoms with E-state index in [1.165, 1.54) is 6.21 Å². The van der Waals surface area contributed by atoms with Crippen LogP contribution in [0.15, 0.2) is 46.0 Å². The summed E-state index contributed by atoms with van der Waals surface area (Å²) in [6.07, 6.45) is 1.50. The van der Waals surface area contributed by atoms with Crippen LogP contribution in [0, 0.1) is 3.57 Å². The molecule has 0 atom stereocenters. The number of nitrogens with zero attached hydrogens (tertiary/aromatic N) is 1. The minimum Gasteiger partial charge on any atom is -0.504 e. The number of aromatic hydroxyl groups is 1. The van der Waals surface area contributed by atoms with Gasteiger partial charge >= 0.3 is 0 Å². The predicted molar refractivity (Wildman–Crippen MR) is 101 cm³/mol. The van der Waals surface area contributed by atoms with Crippen LogP contribution in [0.3, 0.4) is 0 Å². The summed E-state index contributed by atoms with van der Waals surface area (Å²) < 4.78 is 6.91. The van der Waals surface area contributed by atoms with Gasteiger partial charge in [-0.2, -0.15) is 5.10 Å². The third-order valence-corrected chi connectivity index (χ3v) is 4.19. The number of ether oxygens (including phenoxy) is 1. The molecule has 0 radical (unpaired) electrons. The molecule has 0 aliphatic rings.